The Morgan fingerprint density at radius 2 is 1.91 bits per heavy atom. The van der Waals surface area contributed by atoms with Gasteiger partial charge < -0.3 is 14.4 Å². The summed E-state index contributed by atoms with van der Waals surface area (Å²) in [7, 11) is 1.69. The molecular formula is C19H29NO3. The maximum Gasteiger partial charge on any atom is 0.312 e. The van der Waals surface area contributed by atoms with Crippen LogP contribution in [0.2, 0.25) is 0 Å². The zero-order chi connectivity index (χ0) is 16.5. The van der Waals surface area contributed by atoms with Gasteiger partial charge in [0.25, 0.3) is 0 Å². The molecular weight excluding hydrogens is 290 g/mol. The van der Waals surface area contributed by atoms with E-state index in [0.717, 1.165) is 45.3 Å². The SMILES string of the molecule is CCOC(=O)C1(CCOC)CCN(CCc2ccccc2)CC1. The fraction of sp³-hybridized carbons (Fsp3) is 0.632. The summed E-state index contributed by atoms with van der Waals surface area (Å²) in [4.78, 5) is 14.9. The van der Waals surface area contributed by atoms with Gasteiger partial charge >= 0.3 is 5.97 Å². The van der Waals surface area contributed by atoms with Crippen LogP contribution in [-0.4, -0.2) is 50.8 Å². The van der Waals surface area contributed by atoms with Gasteiger partial charge in [-0.05, 0) is 51.3 Å². The van der Waals surface area contributed by atoms with Gasteiger partial charge in [0, 0.05) is 20.3 Å². The molecule has 1 saturated heterocycles. The molecule has 0 aliphatic carbocycles. The first-order chi connectivity index (χ1) is 11.2. The fourth-order valence-corrected chi connectivity index (χ4v) is 3.27. The summed E-state index contributed by atoms with van der Waals surface area (Å²) >= 11 is 0. The molecule has 128 valence electrons. The highest BCUT2D eigenvalue weighted by Crippen LogP contribution is 2.36. The van der Waals surface area contributed by atoms with E-state index >= 15 is 0 Å². The molecule has 4 nitrogen and oxygen atoms in total. The number of hydrogen-bond donors (Lipinski definition) is 0. The lowest BCUT2D eigenvalue weighted by Gasteiger charge is -2.40. The van der Waals surface area contributed by atoms with Gasteiger partial charge in [0.15, 0.2) is 0 Å². The second kappa shape index (κ2) is 9.04. The zero-order valence-electron chi connectivity index (χ0n) is 14.4. The molecule has 0 aromatic heterocycles. The molecule has 2 rings (SSSR count). The van der Waals surface area contributed by atoms with E-state index in [4.69, 9.17) is 9.47 Å². The van der Waals surface area contributed by atoms with Crippen molar-refractivity contribution >= 4 is 5.97 Å². The minimum absolute atomic E-state index is 0.0419. The van der Waals surface area contributed by atoms with Crippen LogP contribution in [-0.2, 0) is 20.7 Å². The Morgan fingerprint density at radius 1 is 1.22 bits per heavy atom. The second-order valence-electron chi connectivity index (χ2n) is 6.32. The second-order valence-corrected chi connectivity index (χ2v) is 6.32. The highest BCUT2D eigenvalue weighted by Gasteiger charge is 2.42. The Hall–Kier alpha value is -1.39. The van der Waals surface area contributed by atoms with Crippen molar-refractivity contribution in [2.45, 2.75) is 32.6 Å². The van der Waals surface area contributed by atoms with Gasteiger partial charge in [-0.25, -0.2) is 0 Å². The molecule has 0 saturated carbocycles. The van der Waals surface area contributed by atoms with Gasteiger partial charge in [-0.3, -0.25) is 4.79 Å². The number of carbonyl (C=O) groups excluding carboxylic acids is 1. The molecule has 0 bridgehead atoms. The van der Waals surface area contributed by atoms with Gasteiger partial charge in [-0.1, -0.05) is 30.3 Å². The van der Waals surface area contributed by atoms with E-state index in [2.05, 4.69) is 29.2 Å². The molecule has 0 atom stereocenters. The van der Waals surface area contributed by atoms with Crippen LogP contribution in [0.25, 0.3) is 0 Å². The van der Waals surface area contributed by atoms with Crippen molar-refractivity contribution in [3.05, 3.63) is 35.9 Å². The van der Waals surface area contributed by atoms with Crippen molar-refractivity contribution in [1.29, 1.82) is 0 Å². The average molecular weight is 319 g/mol. The van der Waals surface area contributed by atoms with E-state index in [9.17, 15) is 4.79 Å². The van der Waals surface area contributed by atoms with Crippen molar-refractivity contribution in [3.63, 3.8) is 0 Å². The number of methoxy groups -OCH3 is 1. The molecule has 0 spiro atoms. The summed E-state index contributed by atoms with van der Waals surface area (Å²) in [6, 6.07) is 10.6. The largest absolute Gasteiger partial charge is 0.466 e. The normalized spacial score (nSPS) is 17.8. The van der Waals surface area contributed by atoms with Gasteiger partial charge in [0.1, 0.15) is 0 Å². The first kappa shape index (κ1) is 18.0. The van der Waals surface area contributed by atoms with Crippen LogP contribution in [0.4, 0.5) is 0 Å². The minimum atomic E-state index is -0.352. The number of hydrogen-bond acceptors (Lipinski definition) is 4. The first-order valence-corrected chi connectivity index (χ1v) is 8.62. The van der Waals surface area contributed by atoms with Crippen molar-refractivity contribution in [2.24, 2.45) is 5.41 Å². The van der Waals surface area contributed by atoms with Crippen molar-refractivity contribution in [1.82, 2.24) is 4.90 Å². The Labute approximate surface area is 139 Å². The third-order valence-corrected chi connectivity index (χ3v) is 4.87. The monoisotopic (exact) mass is 319 g/mol. The lowest BCUT2D eigenvalue weighted by molar-refractivity contribution is -0.160. The van der Waals surface area contributed by atoms with Crippen molar-refractivity contribution < 1.29 is 14.3 Å². The van der Waals surface area contributed by atoms with E-state index in [1.54, 1.807) is 7.11 Å². The smallest absolute Gasteiger partial charge is 0.312 e. The number of esters is 1. The number of piperidine rings is 1. The highest BCUT2D eigenvalue weighted by atomic mass is 16.5. The Kier molecular flexibility index (Phi) is 7.06. The molecule has 4 heteroatoms. The summed E-state index contributed by atoms with van der Waals surface area (Å²) in [6.45, 7) is 5.89. The van der Waals surface area contributed by atoms with Crippen LogP contribution in [0, 0.1) is 5.41 Å². The predicted molar refractivity (Wildman–Crippen MR) is 91.4 cm³/mol. The number of carbonyl (C=O) groups is 1. The third kappa shape index (κ3) is 5.05. The van der Waals surface area contributed by atoms with Crippen LogP contribution in [0.1, 0.15) is 31.7 Å². The number of benzene rings is 1. The molecule has 0 amide bonds. The van der Waals surface area contributed by atoms with Gasteiger partial charge in [-0.15, -0.1) is 0 Å². The number of rotatable bonds is 8. The van der Waals surface area contributed by atoms with Crippen LogP contribution in [0.3, 0.4) is 0 Å². The lowest BCUT2D eigenvalue weighted by atomic mass is 9.75. The molecule has 1 heterocycles. The molecule has 0 N–H and O–H groups in total. The summed E-state index contributed by atoms with van der Waals surface area (Å²) in [5.74, 6) is -0.0419. The standard InChI is InChI=1S/C19H29NO3/c1-3-23-18(21)19(12-16-22-2)10-14-20(15-11-19)13-9-17-7-5-4-6-8-17/h4-8H,3,9-16H2,1-2H3. The van der Waals surface area contributed by atoms with Crippen molar-refractivity contribution in [2.75, 3.05) is 40.0 Å². The maximum absolute atomic E-state index is 12.4. The molecule has 1 aliphatic heterocycles. The van der Waals surface area contributed by atoms with E-state index in [0.29, 0.717) is 13.2 Å². The molecule has 1 fully saturated rings. The highest BCUT2D eigenvalue weighted by molar-refractivity contribution is 5.77. The van der Waals surface area contributed by atoms with Crippen LogP contribution < -0.4 is 0 Å². The summed E-state index contributed by atoms with van der Waals surface area (Å²) in [5, 5.41) is 0. The molecule has 0 unspecified atom stereocenters. The first-order valence-electron chi connectivity index (χ1n) is 8.62. The fourth-order valence-electron chi connectivity index (χ4n) is 3.27. The summed E-state index contributed by atoms with van der Waals surface area (Å²) in [6.07, 6.45) is 3.55. The van der Waals surface area contributed by atoms with Gasteiger partial charge in [0.2, 0.25) is 0 Å². The average Bonchev–Trinajstić information content (AvgIpc) is 2.60. The number of ether oxygens (including phenoxy) is 2. The van der Waals surface area contributed by atoms with Gasteiger partial charge in [-0.2, -0.15) is 0 Å². The molecule has 0 radical (unpaired) electrons. The molecule has 1 aromatic rings. The Balaban J connectivity index is 1.86. The Morgan fingerprint density at radius 3 is 2.52 bits per heavy atom. The molecule has 23 heavy (non-hydrogen) atoms. The molecule has 1 aliphatic rings. The lowest BCUT2D eigenvalue weighted by Crippen LogP contribution is -2.46. The molecule has 1 aromatic carbocycles. The summed E-state index contributed by atoms with van der Waals surface area (Å²) in [5.41, 5.74) is 1.02. The summed E-state index contributed by atoms with van der Waals surface area (Å²) < 4.78 is 10.5. The predicted octanol–water partition coefficient (Wildman–Crippen LogP) is 2.91. The minimum Gasteiger partial charge on any atom is -0.466 e. The van der Waals surface area contributed by atoms with Crippen LogP contribution >= 0.6 is 0 Å². The zero-order valence-corrected chi connectivity index (χ0v) is 14.4. The Bertz CT molecular complexity index is 467. The number of likely N-dealkylation sites (tertiary alicyclic amines) is 1. The topological polar surface area (TPSA) is 38.8 Å². The number of nitrogens with zero attached hydrogens (tertiary/aromatic N) is 1. The van der Waals surface area contributed by atoms with E-state index in [1.807, 2.05) is 13.0 Å². The maximum atomic E-state index is 12.4. The van der Waals surface area contributed by atoms with E-state index in [1.165, 1.54) is 5.56 Å². The third-order valence-electron chi connectivity index (χ3n) is 4.87. The van der Waals surface area contributed by atoms with E-state index in [-0.39, 0.29) is 11.4 Å². The quantitative estimate of drug-likeness (QED) is 0.691. The van der Waals surface area contributed by atoms with Gasteiger partial charge in [0.05, 0.1) is 12.0 Å². The van der Waals surface area contributed by atoms with Crippen molar-refractivity contribution in [3.8, 4) is 0 Å². The van der Waals surface area contributed by atoms with Crippen LogP contribution in [0.15, 0.2) is 30.3 Å². The van der Waals surface area contributed by atoms with Crippen LogP contribution in [0.5, 0.6) is 0 Å². The van der Waals surface area contributed by atoms with E-state index < -0.39 is 0 Å².